The molecule has 2 aromatic rings. The van der Waals surface area contributed by atoms with E-state index in [4.69, 9.17) is 26.2 Å². The number of para-hydroxylation sites is 1. The molecule has 1 aliphatic heterocycles. The number of aryl methyl sites for hydroxylation is 1. The third-order valence-corrected chi connectivity index (χ3v) is 4.72. The van der Waals surface area contributed by atoms with Crippen LogP contribution in [0, 0.1) is 6.92 Å². The first-order valence-electron chi connectivity index (χ1n) is 9.51. The van der Waals surface area contributed by atoms with E-state index in [1.165, 1.54) is 18.2 Å². The molecule has 1 aliphatic rings. The smallest absolute Gasteiger partial charge is 0.341 e. The molecule has 166 valence electrons. The van der Waals surface area contributed by atoms with Gasteiger partial charge < -0.3 is 14.6 Å². The van der Waals surface area contributed by atoms with Gasteiger partial charge in [0.2, 0.25) is 0 Å². The van der Waals surface area contributed by atoms with Gasteiger partial charge in [-0.2, -0.15) is 0 Å². The second-order valence-corrected chi connectivity index (χ2v) is 7.10. The molecule has 10 heteroatoms. The van der Waals surface area contributed by atoms with Gasteiger partial charge in [-0.25, -0.2) is 14.5 Å². The predicted octanol–water partition coefficient (Wildman–Crippen LogP) is 3.18. The Morgan fingerprint density at radius 3 is 2.56 bits per heavy atom. The number of barbiturate groups is 1. The lowest BCUT2D eigenvalue weighted by atomic mass is 10.1. The molecule has 1 fully saturated rings. The minimum Gasteiger partial charge on any atom is -0.490 e. The van der Waals surface area contributed by atoms with Crippen molar-refractivity contribution in [3.8, 4) is 11.5 Å². The molecule has 1 saturated heterocycles. The lowest BCUT2D eigenvalue weighted by Gasteiger charge is -2.27. The fraction of sp³-hybridized carbons (Fsp3) is 0.182. The van der Waals surface area contributed by atoms with Crippen molar-refractivity contribution in [2.24, 2.45) is 0 Å². The average molecular weight is 459 g/mol. The first kappa shape index (κ1) is 22.8. The van der Waals surface area contributed by atoms with Crippen LogP contribution in [0.2, 0.25) is 5.02 Å². The minimum absolute atomic E-state index is 0.0224. The molecule has 0 bridgehead atoms. The largest absolute Gasteiger partial charge is 0.490 e. The van der Waals surface area contributed by atoms with Gasteiger partial charge in [-0.1, -0.05) is 29.8 Å². The lowest BCUT2D eigenvalue weighted by molar-refractivity contribution is -0.139. The summed E-state index contributed by atoms with van der Waals surface area (Å²) in [6.07, 6.45) is 1.27. The number of amides is 4. The van der Waals surface area contributed by atoms with Crippen LogP contribution < -0.4 is 19.7 Å². The van der Waals surface area contributed by atoms with Crippen molar-refractivity contribution < 1.29 is 33.8 Å². The molecule has 0 unspecified atom stereocenters. The van der Waals surface area contributed by atoms with Gasteiger partial charge in [0.05, 0.1) is 17.3 Å². The number of benzene rings is 2. The summed E-state index contributed by atoms with van der Waals surface area (Å²) in [5.74, 6) is -2.68. The first-order chi connectivity index (χ1) is 15.2. The van der Waals surface area contributed by atoms with Crippen molar-refractivity contribution in [1.82, 2.24) is 5.32 Å². The predicted molar refractivity (Wildman–Crippen MR) is 116 cm³/mol. The Bertz CT molecular complexity index is 1140. The van der Waals surface area contributed by atoms with Crippen LogP contribution in [0.5, 0.6) is 11.5 Å². The number of nitrogens with one attached hydrogen (secondary N) is 1. The molecule has 0 atom stereocenters. The lowest BCUT2D eigenvalue weighted by Crippen LogP contribution is -2.54. The quantitative estimate of drug-likeness (QED) is 0.482. The zero-order chi connectivity index (χ0) is 23.4. The van der Waals surface area contributed by atoms with Crippen LogP contribution in [0.1, 0.15) is 18.1 Å². The van der Waals surface area contributed by atoms with Crippen molar-refractivity contribution in [2.75, 3.05) is 18.1 Å². The van der Waals surface area contributed by atoms with E-state index < -0.39 is 30.4 Å². The number of carbonyl (C=O) groups is 4. The van der Waals surface area contributed by atoms with Gasteiger partial charge >= 0.3 is 12.0 Å². The zero-order valence-electron chi connectivity index (χ0n) is 17.2. The van der Waals surface area contributed by atoms with Crippen LogP contribution in [0.25, 0.3) is 6.08 Å². The van der Waals surface area contributed by atoms with E-state index >= 15 is 0 Å². The average Bonchev–Trinajstić information content (AvgIpc) is 2.72. The molecule has 1 heterocycles. The van der Waals surface area contributed by atoms with Crippen molar-refractivity contribution in [3.05, 3.63) is 58.1 Å². The highest BCUT2D eigenvalue weighted by Gasteiger charge is 2.37. The molecule has 2 N–H and O–H groups in total. The molecule has 4 amide bonds. The fourth-order valence-electron chi connectivity index (χ4n) is 3.07. The van der Waals surface area contributed by atoms with E-state index in [0.717, 1.165) is 4.90 Å². The van der Waals surface area contributed by atoms with Crippen LogP contribution in [0.4, 0.5) is 10.5 Å². The topological polar surface area (TPSA) is 122 Å². The molecule has 0 spiro atoms. The van der Waals surface area contributed by atoms with Crippen LogP contribution in [0.3, 0.4) is 0 Å². The number of ether oxygens (including phenoxy) is 2. The summed E-state index contributed by atoms with van der Waals surface area (Å²) in [4.78, 5) is 49.6. The number of urea groups is 1. The van der Waals surface area contributed by atoms with Crippen LogP contribution in [-0.2, 0) is 14.4 Å². The Kier molecular flexibility index (Phi) is 6.79. The summed E-state index contributed by atoms with van der Waals surface area (Å²) in [5.41, 5.74) is 1.05. The van der Waals surface area contributed by atoms with E-state index in [1.807, 2.05) is 0 Å². The third-order valence-electron chi connectivity index (χ3n) is 4.44. The number of nitrogens with zero attached hydrogens (tertiary/aromatic N) is 1. The fourth-order valence-corrected chi connectivity index (χ4v) is 3.34. The Morgan fingerprint density at radius 1 is 1.19 bits per heavy atom. The number of hydrogen-bond acceptors (Lipinski definition) is 6. The number of aliphatic carboxylic acids is 1. The number of carboxylic acids is 1. The number of halogens is 1. The van der Waals surface area contributed by atoms with Gasteiger partial charge in [0, 0.05) is 0 Å². The zero-order valence-corrected chi connectivity index (χ0v) is 17.9. The number of carboxylic acid groups (broad SMARTS) is 1. The monoisotopic (exact) mass is 458 g/mol. The Labute approximate surface area is 188 Å². The molecule has 0 aromatic heterocycles. The van der Waals surface area contributed by atoms with Crippen molar-refractivity contribution in [3.63, 3.8) is 0 Å². The number of carbonyl (C=O) groups excluding carboxylic acids is 3. The molecular formula is C22H19ClN2O7. The molecule has 0 radical (unpaired) electrons. The summed E-state index contributed by atoms with van der Waals surface area (Å²) >= 11 is 6.24. The molecule has 9 nitrogen and oxygen atoms in total. The first-order valence-corrected chi connectivity index (χ1v) is 9.88. The standard InChI is InChI=1S/C22H19ClN2O7/c1-3-31-17-10-13(9-15(23)19(17)32-11-18(26)27)8-14-20(28)24-22(30)25(21(14)29)16-7-5-4-6-12(16)2/h4-10H,3,11H2,1-2H3,(H,26,27)(H,24,28,30)/b14-8+. The van der Waals surface area contributed by atoms with E-state index in [-0.39, 0.29) is 28.7 Å². The molecule has 3 rings (SSSR count). The van der Waals surface area contributed by atoms with E-state index in [1.54, 1.807) is 38.1 Å². The summed E-state index contributed by atoms with van der Waals surface area (Å²) < 4.78 is 10.7. The summed E-state index contributed by atoms with van der Waals surface area (Å²) in [7, 11) is 0. The third kappa shape index (κ3) is 4.73. The van der Waals surface area contributed by atoms with Crippen LogP contribution in [0.15, 0.2) is 42.0 Å². The summed E-state index contributed by atoms with van der Waals surface area (Å²) in [6, 6.07) is 8.76. The highest BCUT2D eigenvalue weighted by molar-refractivity contribution is 6.39. The summed E-state index contributed by atoms with van der Waals surface area (Å²) in [5, 5.41) is 11.0. The van der Waals surface area contributed by atoms with E-state index in [2.05, 4.69) is 5.32 Å². The maximum Gasteiger partial charge on any atom is 0.341 e. The van der Waals surface area contributed by atoms with Crippen molar-refractivity contribution in [2.45, 2.75) is 13.8 Å². The van der Waals surface area contributed by atoms with Gasteiger partial charge in [-0.3, -0.25) is 14.9 Å². The molecule has 0 saturated carbocycles. The number of imide groups is 2. The van der Waals surface area contributed by atoms with Crippen molar-refractivity contribution >= 4 is 47.2 Å². The van der Waals surface area contributed by atoms with Crippen molar-refractivity contribution in [1.29, 1.82) is 0 Å². The van der Waals surface area contributed by atoms with Gasteiger partial charge in [-0.15, -0.1) is 0 Å². The highest BCUT2D eigenvalue weighted by Crippen LogP contribution is 2.37. The Morgan fingerprint density at radius 2 is 1.91 bits per heavy atom. The maximum absolute atomic E-state index is 13.1. The second kappa shape index (κ2) is 9.52. The highest BCUT2D eigenvalue weighted by atomic mass is 35.5. The SMILES string of the molecule is CCOc1cc(/C=C2\C(=O)NC(=O)N(c3ccccc3C)C2=O)cc(Cl)c1OCC(=O)O. The number of hydrogen-bond donors (Lipinski definition) is 2. The normalized spacial score (nSPS) is 15.0. The second-order valence-electron chi connectivity index (χ2n) is 6.69. The molecular weight excluding hydrogens is 440 g/mol. The number of rotatable bonds is 7. The maximum atomic E-state index is 13.1. The number of anilines is 1. The van der Waals surface area contributed by atoms with Crippen LogP contribution in [-0.4, -0.2) is 42.1 Å². The Balaban J connectivity index is 2.03. The van der Waals surface area contributed by atoms with Gasteiger partial charge in [0.15, 0.2) is 18.1 Å². The molecule has 0 aliphatic carbocycles. The molecule has 32 heavy (non-hydrogen) atoms. The van der Waals surface area contributed by atoms with Crippen LogP contribution >= 0.6 is 11.6 Å². The summed E-state index contributed by atoms with van der Waals surface area (Å²) in [6.45, 7) is 3.05. The van der Waals surface area contributed by atoms with Gasteiger partial charge in [-0.05, 0) is 49.2 Å². The van der Waals surface area contributed by atoms with Gasteiger partial charge in [0.25, 0.3) is 11.8 Å². The Hall–Kier alpha value is -3.85. The minimum atomic E-state index is -1.19. The van der Waals surface area contributed by atoms with E-state index in [9.17, 15) is 19.2 Å². The van der Waals surface area contributed by atoms with Gasteiger partial charge in [0.1, 0.15) is 5.57 Å². The van der Waals surface area contributed by atoms with E-state index in [0.29, 0.717) is 16.8 Å². The molecule has 2 aromatic carbocycles.